The Hall–Kier alpha value is -2.11. The molecule has 1 aliphatic rings. The molecule has 1 aromatic carbocycles. The number of carbonyl (C=O) groups is 2. The molecule has 1 saturated carbocycles. The molecular formula is C18H25FN2O3. The Balaban J connectivity index is 1.87. The van der Waals surface area contributed by atoms with Crippen molar-refractivity contribution in [2.75, 3.05) is 5.32 Å². The number of rotatable bonds is 3. The first-order valence-corrected chi connectivity index (χ1v) is 8.20. The average Bonchev–Trinajstić information content (AvgIpc) is 2.89. The summed E-state index contributed by atoms with van der Waals surface area (Å²) in [5.74, 6) is -0.725. The molecule has 0 aromatic heterocycles. The summed E-state index contributed by atoms with van der Waals surface area (Å²) in [7, 11) is 0. The van der Waals surface area contributed by atoms with Crippen LogP contribution < -0.4 is 10.6 Å². The van der Waals surface area contributed by atoms with Crippen molar-refractivity contribution in [2.45, 2.75) is 58.6 Å². The highest BCUT2D eigenvalue weighted by Crippen LogP contribution is 2.28. The maximum Gasteiger partial charge on any atom is 0.407 e. The minimum Gasteiger partial charge on any atom is -0.444 e. The first-order chi connectivity index (χ1) is 11.1. The van der Waals surface area contributed by atoms with Crippen molar-refractivity contribution in [2.24, 2.45) is 5.92 Å². The lowest BCUT2D eigenvalue weighted by molar-refractivity contribution is -0.119. The predicted octanol–water partition coefficient (Wildman–Crippen LogP) is 3.77. The zero-order chi connectivity index (χ0) is 17.9. The number of ether oxygens (including phenoxy) is 1. The van der Waals surface area contributed by atoms with Gasteiger partial charge in [0, 0.05) is 17.6 Å². The van der Waals surface area contributed by atoms with E-state index >= 15 is 0 Å². The number of anilines is 1. The number of aryl methyl sites for hydroxylation is 1. The molecule has 0 spiro atoms. The van der Waals surface area contributed by atoms with Crippen molar-refractivity contribution < 1.29 is 18.7 Å². The zero-order valence-corrected chi connectivity index (χ0v) is 14.6. The molecule has 1 aliphatic carbocycles. The van der Waals surface area contributed by atoms with Gasteiger partial charge in [0.25, 0.3) is 0 Å². The summed E-state index contributed by atoms with van der Waals surface area (Å²) in [6.45, 7) is 7.23. The number of hydrogen-bond donors (Lipinski definition) is 2. The molecule has 0 bridgehead atoms. The largest absolute Gasteiger partial charge is 0.444 e. The topological polar surface area (TPSA) is 67.4 Å². The molecule has 0 heterocycles. The molecule has 0 radical (unpaired) electrons. The maximum atomic E-state index is 13.3. The van der Waals surface area contributed by atoms with Crippen molar-refractivity contribution >= 4 is 17.7 Å². The molecule has 2 rings (SSSR count). The Kier molecular flexibility index (Phi) is 5.47. The number of hydrogen-bond acceptors (Lipinski definition) is 3. The first-order valence-electron chi connectivity index (χ1n) is 8.20. The molecule has 1 fully saturated rings. The molecule has 1 aromatic rings. The highest BCUT2D eigenvalue weighted by atomic mass is 19.1. The van der Waals surface area contributed by atoms with Crippen LogP contribution in [0, 0.1) is 18.7 Å². The molecule has 6 heteroatoms. The number of halogens is 1. The number of benzene rings is 1. The van der Waals surface area contributed by atoms with E-state index in [1.54, 1.807) is 26.8 Å². The normalized spacial score (nSPS) is 20.5. The van der Waals surface area contributed by atoms with E-state index in [-0.39, 0.29) is 23.7 Å². The predicted molar refractivity (Wildman–Crippen MR) is 90.3 cm³/mol. The van der Waals surface area contributed by atoms with Gasteiger partial charge in [0.1, 0.15) is 11.4 Å². The summed E-state index contributed by atoms with van der Waals surface area (Å²) in [6, 6.07) is 4.23. The number of carbonyl (C=O) groups excluding carboxylic acids is 2. The minimum absolute atomic E-state index is 0.0794. The van der Waals surface area contributed by atoms with Gasteiger partial charge in [-0.15, -0.1) is 0 Å². The maximum absolute atomic E-state index is 13.3. The third-order valence-electron chi connectivity index (χ3n) is 3.98. The average molecular weight is 336 g/mol. The van der Waals surface area contributed by atoms with Crippen LogP contribution in [0.1, 0.15) is 45.6 Å². The van der Waals surface area contributed by atoms with E-state index in [2.05, 4.69) is 10.6 Å². The number of amides is 2. The van der Waals surface area contributed by atoms with Gasteiger partial charge < -0.3 is 15.4 Å². The molecule has 2 atom stereocenters. The van der Waals surface area contributed by atoms with E-state index < -0.39 is 11.7 Å². The van der Waals surface area contributed by atoms with Crippen LogP contribution in [0.15, 0.2) is 18.2 Å². The molecule has 0 saturated heterocycles. The summed E-state index contributed by atoms with van der Waals surface area (Å²) < 4.78 is 18.5. The second kappa shape index (κ2) is 7.20. The van der Waals surface area contributed by atoms with Gasteiger partial charge in [-0.05, 0) is 64.7 Å². The van der Waals surface area contributed by atoms with Crippen molar-refractivity contribution in [1.82, 2.24) is 5.32 Å². The zero-order valence-electron chi connectivity index (χ0n) is 14.6. The van der Waals surface area contributed by atoms with Gasteiger partial charge in [-0.2, -0.15) is 0 Å². The van der Waals surface area contributed by atoms with Crippen LogP contribution in [0.4, 0.5) is 14.9 Å². The van der Waals surface area contributed by atoms with Crippen LogP contribution in [0.5, 0.6) is 0 Å². The van der Waals surface area contributed by atoms with E-state index in [1.807, 2.05) is 6.92 Å². The van der Waals surface area contributed by atoms with Crippen molar-refractivity contribution in [3.8, 4) is 0 Å². The summed E-state index contributed by atoms with van der Waals surface area (Å²) in [6.07, 6.45) is 1.49. The molecule has 24 heavy (non-hydrogen) atoms. The van der Waals surface area contributed by atoms with E-state index in [9.17, 15) is 14.0 Å². The number of nitrogens with one attached hydrogen (secondary N) is 2. The standard InChI is InChI=1S/C18H25FN2O3/c1-11-5-7-13(19)10-15(11)21-16(22)12-6-8-14(9-12)20-17(23)24-18(2,3)4/h5,7,10,12,14H,6,8-9H2,1-4H3,(H,20,23)(H,21,22)/t12-,14+/m1/s1. The third-order valence-corrected chi connectivity index (χ3v) is 3.98. The van der Waals surface area contributed by atoms with Gasteiger partial charge in [0.05, 0.1) is 0 Å². The van der Waals surface area contributed by atoms with Crippen LogP contribution in [-0.2, 0) is 9.53 Å². The van der Waals surface area contributed by atoms with Gasteiger partial charge >= 0.3 is 6.09 Å². The Morgan fingerprint density at radius 3 is 2.62 bits per heavy atom. The highest BCUT2D eigenvalue weighted by molar-refractivity contribution is 5.93. The molecule has 0 aliphatic heterocycles. The molecule has 5 nitrogen and oxygen atoms in total. The van der Waals surface area contributed by atoms with Gasteiger partial charge in [0.2, 0.25) is 5.91 Å². The van der Waals surface area contributed by atoms with E-state index in [0.717, 1.165) is 12.0 Å². The molecule has 0 unspecified atom stereocenters. The van der Waals surface area contributed by atoms with Crippen molar-refractivity contribution in [3.63, 3.8) is 0 Å². The van der Waals surface area contributed by atoms with Crippen LogP contribution >= 0.6 is 0 Å². The van der Waals surface area contributed by atoms with Crippen LogP contribution in [0.3, 0.4) is 0 Å². The Morgan fingerprint density at radius 1 is 1.25 bits per heavy atom. The Bertz CT molecular complexity index is 625. The van der Waals surface area contributed by atoms with Gasteiger partial charge in [-0.25, -0.2) is 9.18 Å². The smallest absolute Gasteiger partial charge is 0.407 e. The Labute approximate surface area is 142 Å². The quantitative estimate of drug-likeness (QED) is 0.883. The van der Waals surface area contributed by atoms with E-state index in [4.69, 9.17) is 4.74 Å². The summed E-state index contributed by atoms with van der Waals surface area (Å²) in [5, 5.41) is 5.59. The molecule has 132 valence electrons. The third kappa shape index (κ3) is 5.22. The fraction of sp³-hybridized carbons (Fsp3) is 0.556. The van der Waals surface area contributed by atoms with Crippen molar-refractivity contribution in [3.05, 3.63) is 29.6 Å². The fourth-order valence-corrected chi connectivity index (χ4v) is 2.79. The highest BCUT2D eigenvalue weighted by Gasteiger charge is 2.32. The van der Waals surface area contributed by atoms with Gasteiger partial charge in [-0.1, -0.05) is 6.07 Å². The minimum atomic E-state index is -0.547. The molecule has 2 amide bonds. The van der Waals surface area contributed by atoms with Crippen LogP contribution in [0.2, 0.25) is 0 Å². The molecule has 2 N–H and O–H groups in total. The molecular weight excluding hydrogens is 311 g/mol. The monoisotopic (exact) mass is 336 g/mol. The lowest BCUT2D eigenvalue weighted by Gasteiger charge is -2.21. The van der Waals surface area contributed by atoms with Crippen LogP contribution in [-0.4, -0.2) is 23.6 Å². The van der Waals surface area contributed by atoms with Gasteiger partial charge in [-0.3, -0.25) is 4.79 Å². The van der Waals surface area contributed by atoms with E-state index in [0.29, 0.717) is 18.5 Å². The van der Waals surface area contributed by atoms with Crippen molar-refractivity contribution in [1.29, 1.82) is 0 Å². The van der Waals surface area contributed by atoms with E-state index in [1.165, 1.54) is 12.1 Å². The Morgan fingerprint density at radius 2 is 1.96 bits per heavy atom. The second-order valence-corrected chi connectivity index (χ2v) is 7.30. The van der Waals surface area contributed by atoms with Crippen LogP contribution in [0.25, 0.3) is 0 Å². The summed E-state index contributed by atoms with van der Waals surface area (Å²) >= 11 is 0. The SMILES string of the molecule is Cc1ccc(F)cc1NC(=O)[C@@H]1CC[C@H](NC(=O)OC(C)(C)C)C1. The van der Waals surface area contributed by atoms with Gasteiger partial charge in [0.15, 0.2) is 0 Å². The lowest BCUT2D eigenvalue weighted by Crippen LogP contribution is -2.38. The second-order valence-electron chi connectivity index (χ2n) is 7.30. The fourth-order valence-electron chi connectivity index (χ4n) is 2.79. The lowest BCUT2D eigenvalue weighted by atomic mass is 10.1. The number of alkyl carbamates (subject to hydrolysis) is 1. The summed E-state index contributed by atoms with van der Waals surface area (Å²) in [4.78, 5) is 24.1. The first kappa shape index (κ1) is 18.2. The summed E-state index contributed by atoms with van der Waals surface area (Å²) in [5.41, 5.74) is 0.753.